The molecule has 0 aliphatic heterocycles. The number of hydrazine groups is 1. The van der Waals surface area contributed by atoms with Crippen LogP contribution in [0, 0.1) is 0 Å². The van der Waals surface area contributed by atoms with E-state index in [1.165, 1.54) is 0 Å². The summed E-state index contributed by atoms with van der Waals surface area (Å²) in [6.45, 7) is 0.446. The van der Waals surface area contributed by atoms with E-state index in [0.717, 1.165) is 11.3 Å². The standard InChI is InChI=1S/C15H17N3O2/c1-20-12-8-6-11(7-9-12)10-17-15(19)13-4-2-3-5-14(13)18-16/h2-9,18H,10,16H2,1H3,(H,17,19). The first kappa shape index (κ1) is 13.9. The van der Waals surface area contributed by atoms with Crippen LogP contribution in [0.3, 0.4) is 0 Å². The molecule has 0 spiro atoms. The number of amides is 1. The second-order valence-corrected chi connectivity index (χ2v) is 4.22. The number of nitrogen functional groups attached to an aromatic ring is 1. The second-order valence-electron chi connectivity index (χ2n) is 4.22. The lowest BCUT2D eigenvalue weighted by atomic mass is 10.1. The Hall–Kier alpha value is -2.53. The average molecular weight is 271 g/mol. The summed E-state index contributed by atoms with van der Waals surface area (Å²) >= 11 is 0. The minimum absolute atomic E-state index is 0.172. The van der Waals surface area contributed by atoms with Crippen LogP contribution in [0.5, 0.6) is 5.75 Å². The van der Waals surface area contributed by atoms with Crippen LogP contribution in [0.2, 0.25) is 0 Å². The van der Waals surface area contributed by atoms with E-state index in [4.69, 9.17) is 10.6 Å². The Bertz CT molecular complexity index is 582. The van der Waals surface area contributed by atoms with Crippen LogP contribution in [-0.4, -0.2) is 13.0 Å². The molecule has 0 aromatic heterocycles. The molecule has 1 amide bonds. The molecule has 0 aliphatic carbocycles. The van der Waals surface area contributed by atoms with Gasteiger partial charge >= 0.3 is 0 Å². The van der Waals surface area contributed by atoms with Gasteiger partial charge in [-0.25, -0.2) is 0 Å². The van der Waals surface area contributed by atoms with Crippen LogP contribution in [0.25, 0.3) is 0 Å². The van der Waals surface area contributed by atoms with E-state index in [9.17, 15) is 4.79 Å². The number of benzene rings is 2. The number of nitrogens with two attached hydrogens (primary N) is 1. The van der Waals surface area contributed by atoms with Crippen LogP contribution in [0.1, 0.15) is 15.9 Å². The first-order valence-corrected chi connectivity index (χ1v) is 6.21. The Kier molecular flexibility index (Phi) is 4.57. The highest BCUT2D eigenvalue weighted by Crippen LogP contribution is 2.14. The molecule has 0 aliphatic rings. The van der Waals surface area contributed by atoms with Gasteiger partial charge in [-0.15, -0.1) is 0 Å². The van der Waals surface area contributed by atoms with Gasteiger partial charge in [0.2, 0.25) is 0 Å². The van der Waals surface area contributed by atoms with Gasteiger partial charge in [-0.1, -0.05) is 24.3 Å². The minimum atomic E-state index is -0.172. The number of carbonyl (C=O) groups excluding carboxylic acids is 1. The quantitative estimate of drug-likeness (QED) is 0.573. The van der Waals surface area contributed by atoms with E-state index in [-0.39, 0.29) is 5.91 Å². The molecule has 0 fully saturated rings. The molecule has 0 heterocycles. The van der Waals surface area contributed by atoms with Crippen LogP contribution in [0.4, 0.5) is 5.69 Å². The van der Waals surface area contributed by atoms with E-state index in [2.05, 4.69) is 10.7 Å². The van der Waals surface area contributed by atoms with Crippen molar-refractivity contribution in [3.63, 3.8) is 0 Å². The third kappa shape index (κ3) is 3.27. The molecule has 0 atom stereocenters. The summed E-state index contributed by atoms with van der Waals surface area (Å²) in [5, 5.41) is 2.85. The lowest BCUT2D eigenvalue weighted by molar-refractivity contribution is 0.0951. The number of rotatable bonds is 5. The summed E-state index contributed by atoms with van der Waals surface area (Å²) in [5.74, 6) is 6.00. The van der Waals surface area contributed by atoms with Gasteiger partial charge in [-0.2, -0.15) is 0 Å². The van der Waals surface area contributed by atoms with Crippen molar-refractivity contribution in [1.29, 1.82) is 0 Å². The Labute approximate surface area is 117 Å². The molecule has 20 heavy (non-hydrogen) atoms. The number of para-hydroxylation sites is 1. The number of methoxy groups -OCH3 is 1. The summed E-state index contributed by atoms with van der Waals surface area (Å²) in [6, 6.07) is 14.6. The van der Waals surface area contributed by atoms with Crippen LogP contribution >= 0.6 is 0 Å². The van der Waals surface area contributed by atoms with E-state index >= 15 is 0 Å². The predicted octanol–water partition coefficient (Wildman–Crippen LogP) is 1.91. The fourth-order valence-corrected chi connectivity index (χ4v) is 1.83. The molecular weight excluding hydrogens is 254 g/mol. The van der Waals surface area contributed by atoms with Crippen LogP contribution < -0.4 is 21.3 Å². The van der Waals surface area contributed by atoms with Gasteiger partial charge in [-0.05, 0) is 29.8 Å². The summed E-state index contributed by atoms with van der Waals surface area (Å²) in [6.07, 6.45) is 0. The Morgan fingerprint density at radius 3 is 2.50 bits per heavy atom. The van der Waals surface area contributed by atoms with Crippen molar-refractivity contribution >= 4 is 11.6 Å². The molecule has 2 rings (SSSR count). The van der Waals surface area contributed by atoms with Gasteiger partial charge in [-0.3, -0.25) is 10.6 Å². The van der Waals surface area contributed by atoms with Crippen molar-refractivity contribution in [1.82, 2.24) is 5.32 Å². The number of ether oxygens (including phenoxy) is 1. The molecule has 0 saturated heterocycles. The Morgan fingerprint density at radius 2 is 1.85 bits per heavy atom. The molecule has 104 valence electrons. The fraction of sp³-hybridized carbons (Fsp3) is 0.133. The Morgan fingerprint density at radius 1 is 1.15 bits per heavy atom. The zero-order chi connectivity index (χ0) is 14.4. The Balaban J connectivity index is 2.01. The third-order valence-corrected chi connectivity index (χ3v) is 2.94. The molecule has 4 N–H and O–H groups in total. The van der Waals surface area contributed by atoms with Gasteiger partial charge in [0.15, 0.2) is 0 Å². The average Bonchev–Trinajstić information content (AvgIpc) is 2.53. The zero-order valence-corrected chi connectivity index (χ0v) is 11.2. The number of hydrogen-bond acceptors (Lipinski definition) is 4. The van der Waals surface area contributed by atoms with Gasteiger partial charge < -0.3 is 15.5 Å². The third-order valence-electron chi connectivity index (χ3n) is 2.94. The normalized spacial score (nSPS) is 9.90. The summed E-state index contributed by atoms with van der Waals surface area (Å²) < 4.78 is 5.08. The maximum atomic E-state index is 12.1. The number of hydrogen-bond donors (Lipinski definition) is 3. The maximum Gasteiger partial charge on any atom is 0.253 e. The molecule has 0 saturated carbocycles. The number of anilines is 1. The van der Waals surface area contributed by atoms with E-state index in [1.807, 2.05) is 30.3 Å². The van der Waals surface area contributed by atoms with Crippen molar-refractivity contribution in [2.45, 2.75) is 6.54 Å². The fourth-order valence-electron chi connectivity index (χ4n) is 1.83. The van der Waals surface area contributed by atoms with Gasteiger partial charge in [0.1, 0.15) is 5.75 Å². The SMILES string of the molecule is COc1ccc(CNC(=O)c2ccccc2NN)cc1. The van der Waals surface area contributed by atoms with E-state index < -0.39 is 0 Å². The molecule has 2 aromatic rings. The molecule has 2 aromatic carbocycles. The molecule has 5 nitrogen and oxygen atoms in total. The smallest absolute Gasteiger partial charge is 0.253 e. The predicted molar refractivity (Wildman–Crippen MR) is 78.4 cm³/mol. The van der Waals surface area contributed by atoms with Gasteiger partial charge in [0.25, 0.3) is 5.91 Å². The van der Waals surface area contributed by atoms with Crippen molar-refractivity contribution in [3.05, 3.63) is 59.7 Å². The maximum absolute atomic E-state index is 12.1. The minimum Gasteiger partial charge on any atom is -0.497 e. The second kappa shape index (κ2) is 6.58. The monoisotopic (exact) mass is 271 g/mol. The molecule has 0 bridgehead atoms. The highest BCUT2D eigenvalue weighted by atomic mass is 16.5. The lowest BCUT2D eigenvalue weighted by Crippen LogP contribution is -2.24. The summed E-state index contributed by atoms with van der Waals surface area (Å²) in [7, 11) is 1.62. The molecule has 0 radical (unpaired) electrons. The van der Waals surface area contributed by atoms with Crippen LogP contribution in [0.15, 0.2) is 48.5 Å². The molecule has 5 heteroatoms. The van der Waals surface area contributed by atoms with Crippen molar-refractivity contribution in [2.75, 3.05) is 12.5 Å². The highest BCUT2D eigenvalue weighted by Gasteiger charge is 2.09. The zero-order valence-electron chi connectivity index (χ0n) is 11.2. The first-order valence-electron chi connectivity index (χ1n) is 6.21. The van der Waals surface area contributed by atoms with E-state index in [0.29, 0.717) is 17.8 Å². The van der Waals surface area contributed by atoms with E-state index in [1.54, 1.807) is 25.3 Å². The van der Waals surface area contributed by atoms with Crippen molar-refractivity contribution < 1.29 is 9.53 Å². The van der Waals surface area contributed by atoms with Gasteiger partial charge in [0.05, 0.1) is 18.4 Å². The van der Waals surface area contributed by atoms with Crippen molar-refractivity contribution in [3.8, 4) is 5.75 Å². The summed E-state index contributed by atoms with van der Waals surface area (Å²) in [4.78, 5) is 12.1. The molecule has 0 unspecified atom stereocenters. The van der Waals surface area contributed by atoms with Crippen molar-refractivity contribution in [2.24, 2.45) is 5.84 Å². The first-order chi connectivity index (χ1) is 9.74. The summed E-state index contributed by atoms with van der Waals surface area (Å²) in [5.41, 5.74) is 4.62. The topological polar surface area (TPSA) is 76.4 Å². The van der Waals surface area contributed by atoms with Gasteiger partial charge in [0, 0.05) is 6.54 Å². The number of carbonyl (C=O) groups is 1. The lowest BCUT2D eigenvalue weighted by Gasteiger charge is -2.09. The molecular formula is C15H17N3O2. The number of nitrogens with one attached hydrogen (secondary N) is 2. The van der Waals surface area contributed by atoms with Crippen LogP contribution in [-0.2, 0) is 6.54 Å². The largest absolute Gasteiger partial charge is 0.497 e. The highest BCUT2D eigenvalue weighted by molar-refractivity contribution is 5.99.